The molecule has 0 aliphatic rings. The summed E-state index contributed by atoms with van der Waals surface area (Å²) in [6, 6.07) is 0.520. The van der Waals surface area contributed by atoms with Crippen molar-refractivity contribution < 1.29 is 9.47 Å². The SMILES string of the molecule is CC(C)CC#CCOCCOCCNC(C)C. The monoisotopic (exact) mass is 241 g/mol. The van der Waals surface area contributed by atoms with Gasteiger partial charge in [0.2, 0.25) is 0 Å². The van der Waals surface area contributed by atoms with Crippen molar-refractivity contribution in [3.8, 4) is 11.8 Å². The fourth-order valence-corrected chi connectivity index (χ4v) is 1.09. The van der Waals surface area contributed by atoms with Gasteiger partial charge in [-0.05, 0) is 5.92 Å². The zero-order valence-electron chi connectivity index (χ0n) is 11.7. The van der Waals surface area contributed by atoms with Crippen molar-refractivity contribution >= 4 is 0 Å². The standard InChI is InChI=1S/C14H27NO2/c1-13(2)7-5-6-9-16-11-12-17-10-8-15-14(3)4/h13-15H,7-12H2,1-4H3. The molecule has 0 aliphatic heterocycles. The summed E-state index contributed by atoms with van der Waals surface area (Å²) in [5.41, 5.74) is 0. The minimum Gasteiger partial charge on any atom is -0.378 e. The van der Waals surface area contributed by atoms with Crippen LogP contribution in [0.2, 0.25) is 0 Å². The zero-order valence-corrected chi connectivity index (χ0v) is 11.7. The van der Waals surface area contributed by atoms with E-state index in [1.54, 1.807) is 0 Å². The van der Waals surface area contributed by atoms with Crippen molar-refractivity contribution in [2.75, 3.05) is 33.0 Å². The van der Waals surface area contributed by atoms with Crippen LogP contribution in [0.1, 0.15) is 34.1 Å². The lowest BCUT2D eigenvalue weighted by molar-refractivity contribution is 0.0608. The molecular weight excluding hydrogens is 214 g/mol. The molecule has 0 heterocycles. The van der Waals surface area contributed by atoms with E-state index in [1.807, 2.05) is 0 Å². The lowest BCUT2D eigenvalue weighted by Crippen LogP contribution is -2.27. The van der Waals surface area contributed by atoms with Gasteiger partial charge in [-0.25, -0.2) is 0 Å². The molecule has 0 fully saturated rings. The highest BCUT2D eigenvalue weighted by atomic mass is 16.5. The molecule has 0 aromatic rings. The summed E-state index contributed by atoms with van der Waals surface area (Å²) in [5.74, 6) is 6.71. The Bertz CT molecular complexity index is 216. The third-order valence-electron chi connectivity index (χ3n) is 1.98. The van der Waals surface area contributed by atoms with E-state index in [4.69, 9.17) is 9.47 Å². The summed E-state index contributed by atoms with van der Waals surface area (Å²) < 4.78 is 10.7. The van der Waals surface area contributed by atoms with Crippen LogP contribution >= 0.6 is 0 Å². The summed E-state index contributed by atoms with van der Waals surface area (Å²) >= 11 is 0. The van der Waals surface area contributed by atoms with Crippen molar-refractivity contribution in [2.45, 2.75) is 40.2 Å². The van der Waals surface area contributed by atoms with Gasteiger partial charge in [0.25, 0.3) is 0 Å². The molecule has 0 saturated carbocycles. The van der Waals surface area contributed by atoms with Gasteiger partial charge in [0.1, 0.15) is 6.61 Å². The Kier molecular flexibility index (Phi) is 11.5. The Morgan fingerprint density at radius 2 is 1.65 bits per heavy atom. The maximum absolute atomic E-state index is 5.39. The Balaban J connectivity index is 3.10. The average Bonchev–Trinajstić information content (AvgIpc) is 2.25. The first-order valence-electron chi connectivity index (χ1n) is 6.47. The van der Waals surface area contributed by atoms with E-state index in [0.29, 0.717) is 31.8 Å². The van der Waals surface area contributed by atoms with Gasteiger partial charge in [-0.3, -0.25) is 0 Å². The van der Waals surface area contributed by atoms with Crippen LogP contribution in [0.25, 0.3) is 0 Å². The second kappa shape index (κ2) is 11.9. The minimum atomic E-state index is 0.514. The Morgan fingerprint density at radius 3 is 2.29 bits per heavy atom. The van der Waals surface area contributed by atoms with Gasteiger partial charge < -0.3 is 14.8 Å². The molecule has 0 aromatic carbocycles. The highest BCUT2D eigenvalue weighted by Crippen LogP contribution is 1.95. The fraction of sp³-hybridized carbons (Fsp3) is 0.857. The molecule has 17 heavy (non-hydrogen) atoms. The molecule has 3 heteroatoms. The number of hydrogen-bond acceptors (Lipinski definition) is 3. The van der Waals surface area contributed by atoms with Gasteiger partial charge >= 0.3 is 0 Å². The number of rotatable bonds is 9. The van der Waals surface area contributed by atoms with Crippen LogP contribution in [0.5, 0.6) is 0 Å². The first-order chi connectivity index (χ1) is 8.13. The molecule has 0 amide bonds. The quantitative estimate of drug-likeness (QED) is 0.495. The van der Waals surface area contributed by atoms with E-state index in [2.05, 4.69) is 44.9 Å². The third kappa shape index (κ3) is 15.4. The second-order valence-corrected chi connectivity index (χ2v) is 4.73. The van der Waals surface area contributed by atoms with Crippen LogP contribution in [0.15, 0.2) is 0 Å². The van der Waals surface area contributed by atoms with Gasteiger partial charge in [0.05, 0.1) is 19.8 Å². The van der Waals surface area contributed by atoms with Crippen molar-refractivity contribution in [3.05, 3.63) is 0 Å². The summed E-state index contributed by atoms with van der Waals surface area (Å²) in [7, 11) is 0. The molecule has 0 atom stereocenters. The maximum Gasteiger partial charge on any atom is 0.107 e. The average molecular weight is 241 g/mol. The Labute approximate surface area is 106 Å². The molecule has 0 aliphatic carbocycles. The van der Waals surface area contributed by atoms with Crippen LogP contribution < -0.4 is 5.32 Å². The van der Waals surface area contributed by atoms with E-state index in [9.17, 15) is 0 Å². The van der Waals surface area contributed by atoms with Gasteiger partial charge in [-0.1, -0.05) is 33.6 Å². The molecule has 0 radical (unpaired) electrons. The highest BCUT2D eigenvalue weighted by molar-refractivity contribution is 4.99. The lowest BCUT2D eigenvalue weighted by atomic mass is 10.1. The Morgan fingerprint density at radius 1 is 0.941 bits per heavy atom. The van der Waals surface area contributed by atoms with Gasteiger partial charge in [0.15, 0.2) is 0 Å². The van der Waals surface area contributed by atoms with Crippen molar-refractivity contribution in [3.63, 3.8) is 0 Å². The van der Waals surface area contributed by atoms with Gasteiger partial charge in [-0.2, -0.15) is 0 Å². The van der Waals surface area contributed by atoms with E-state index >= 15 is 0 Å². The predicted molar refractivity (Wildman–Crippen MR) is 72.0 cm³/mol. The summed E-state index contributed by atoms with van der Waals surface area (Å²) in [6.45, 7) is 12.0. The first-order valence-corrected chi connectivity index (χ1v) is 6.47. The number of hydrogen-bond donors (Lipinski definition) is 1. The van der Waals surface area contributed by atoms with Gasteiger partial charge in [0, 0.05) is 19.0 Å². The molecule has 0 spiro atoms. The summed E-state index contributed by atoms with van der Waals surface area (Å²) in [6.07, 6.45) is 0.945. The smallest absolute Gasteiger partial charge is 0.107 e. The van der Waals surface area contributed by atoms with E-state index in [0.717, 1.165) is 19.6 Å². The predicted octanol–water partition coefficient (Wildman–Crippen LogP) is 2.07. The van der Waals surface area contributed by atoms with E-state index in [-0.39, 0.29) is 0 Å². The van der Waals surface area contributed by atoms with Crippen molar-refractivity contribution in [2.24, 2.45) is 5.92 Å². The molecule has 3 nitrogen and oxygen atoms in total. The second-order valence-electron chi connectivity index (χ2n) is 4.73. The molecule has 0 aromatic heterocycles. The third-order valence-corrected chi connectivity index (χ3v) is 1.98. The van der Waals surface area contributed by atoms with Crippen LogP contribution in [0, 0.1) is 17.8 Å². The molecule has 0 saturated heterocycles. The molecule has 0 rings (SSSR count). The largest absolute Gasteiger partial charge is 0.378 e. The summed E-state index contributed by atoms with van der Waals surface area (Å²) in [4.78, 5) is 0. The van der Waals surface area contributed by atoms with Crippen molar-refractivity contribution in [1.82, 2.24) is 5.32 Å². The van der Waals surface area contributed by atoms with Gasteiger partial charge in [-0.15, -0.1) is 5.92 Å². The normalized spacial score (nSPS) is 10.7. The van der Waals surface area contributed by atoms with E-state index < -0.39 is 0 Å². The first kappa shape index (κ1) is 16.4. The lowest BCUT2D eigenvalue weighted by Gasteiger charge is -2.08. The summed E-state index contributed by atoms with van der Waals surface area (Å²) in [5, 5.41) is 3.29. The molecule has 0 unspecified atom stereocenters. The molecule has 100 valence electrons. The molecular formula is C14H27NO2. The molecule has 0 bridgehead atoms. The topological polar surface area (TPSA) is 30.5 Å². The minimum absolute atomic E-state index is 0.514. The van der Waals surface area contributed by atoms with Crippen LogP contribution in [0.4, 0.5) is 0 Å². The number of nitrogens with one attached hydrogen (secondary N) is 1. The fourth-order valence-electron chi connectivity index (χ4n) is 1.09. The Hall–Kier alpha value is -0.560. The van der Waals surface area contributed by atoms with Crippen LogP contribution in [-0.4, -0.2) is 39.0 Å². The van der Waals surface area contributed by atoms with Crippen LogP contribution in [0.3, 0.4) is 0 Å². The maximum atomic E-state index is 5.39. The number of ether oxygens (including phenoxy) is 2. The highest BCUT2D eigenvalue weighted by Gasteiger charge is 1.92. The van der Waals surface area contributed by atoms with Crippen LogP contribution in [-0.2, 0) is 9.47 Å². The molecule has 1 N–H and O–H groups in total. The zero-order chi connectivity index (χ0) is 12.9. The van der Waals surface area contributed by atoms with Crippen molar-refractivity contribution in [1.29, 1.82) is 0 Å². The van der Waals surface area contributed by atoms with E-state index in [1.165, 1.54) is 0 Å².